The Bertz CT molecular complexity index is 1010. The van der Waals surface area contributed by atoms with E-state index in [9.17, 15) is 9.59 Å². The number of methoxy groups -OCH3 is 1. The zero-order chi connectivity index (χ0) is 23.8. The Morgan fingerprint density at radius 1 is 1.12 bits per heavy atom. The number of aryl methyl sites for hydroxylation is 2. The molecule has 1 aromatic carbocycles. The summed E-state index contributed by atoms with van der Waals surface area (Å²) in [4.78, 5) is 31.2. The lowest BCUT2D eigenvalue weighted by Crippen LogP contribution is -2.40. The van der Waals surface area contributed by atoms with Gasteiger partial charge in [-0.2, -0.15) is 0 Å². The van der Waals surface area contributed by atoms with Crippen molar-refractivity contribution in [3.05, 3.63) is 63.6 Å². The van der Waals surface area contributed by atoms with E-state index in [2.05, 4.69) is 10.5 Å². The maximum atomic E-state index is 13.2. The average Bonchev–Trinajstić information content (AvgIpc) is 2.75. The van der Waals surface area contributed by atoms with Crippen LogP contribution in [0, 0.1) is 0 Å². The molecule has 1 atom stereocenters. The Kier molecular flexibility index (Phi) is 9.05. The zero-order valence-electron chi connectivity index (χ0n) is 20.1. The number of aromatic nitrogens is 1. The summed E-state index contributed by atoms with van der Waals surface area (Å²) in [5.41, 5.74) is 2.63. The van der Waals surface area contributed by atoms with Crippen molar-refractivity contribution in [1.29, 1.82) is 0 Å². The first-order valence-electron chi connectivity index (χ1n) is 11.0. The number of para-hydroxylation sites is 1. The molecule has 174 valence electrons. The summed E-state index contributed by atoms with van der Waals surface area (Å²) in [6, 6.07) is 9.03. The van der Waals surface area contributed by atoms with Crippen LogP contribution in [0.25, 0.3) is 0 Å². The minimum absolute atomic E-state index is 0.0170. The summed E-state index contributed by atoms with van der Waals surface area (Å²) >= 11 is 0. The summed E-state index contributed by atoms with van der Waals surface area (Å²) < 4.78 is 6.94. The number of carbonyl (C=O) groups excluding carboxylic acids is 1. The fraction of sp³-hybridized carbons (Fsp3) is 0.480. The molecule has 0 fully saturated rings. The van der Waals surface area contributed by atoms with E-state index in [0.717, 1.165) is 23.3 Å². The van der Waals surface area contributed by atoms with Crippen molar-refractivity contribution in [2.45, 2.75) is 72.6 Å². The molecule has 0 radical (unpaired) electrons. The van der Waals surface area contributed by atoms with Crippen LogP contribution in [0.3, 0.4) is 0 Å². The van der Waals surface area contributed by atoms with Crippen LogP contribution in [0.2, 0.25) is 0 Å². The summed E-state index contributed by atoms with van der Waals surface area (Å²) in [5, 5.41) is 7.00. The number of pyridine rings is 1. The number of hydrogen-bond acceptors (Lipinski definition) is 5. The second-order valence-electron chi connectivity index (χ2n) is 8.46. The van der Waals surface area contributed by atoms with E-state index in [4.69, 9.17) is 9.57 Å². The molecular formula is C25H35N3O4. The highest BCUT2D eigenvalue weighted by Gasteiger charge is 2.20. The Balaban J connectivity index is 2.46. The molecule has 2 aromatic rings. The molecule has 7 heteroatoms. The minimum atomic E-state index is -0.659. The van der Waals surface area contributed by atoms with Gasteiger partial charge in [-0.05, 0) is 77.6 Å². The lowest BCUT2D eigenvalue weighted by molar-refractivity contribution is -0.124. The van der Waals surface area contributed by atoms with Crippen LogP contribution in [-0.4, -0.2) is 35.4 Å². The number of hydrogen-bond donors (Lipinski definition) is 1. The van der Waals surface area contributed by atoms with Crippen LogP contribution in [0.5, 0.6) is 5.75 Å². The van der Waals surface area contributed by atoms with E-state index in [1.807, 2.05) is 58.0 Å². The molecule has 0 spiro atoms. The molecule has 1 aromatic heterocycles. The molecule has 1 heterocycles. The highest BCUT2D eigenvalue weighted by molar-refractivity contribution is 5.98. The molecule has 2 rings (SSSR count). The van der Waals surface area contributed by atoms with Gasteiger partial charge in [0, 0.05) is 12.2 Å². The Hall–Kier alpha value is -3.09. The van der Waals surface area contributed by atoms with Gasteiger partial charge in [-0.15, -0.1) is 0 Å². The molecule has 0 aliphatic heterocycles. The number of benzene rings is 1. The molecular weight excluding hydrogens is 406 g/mol. The predicted molar refractivity (Wildman–Crippen MR) is 128 cm³/mol. The van der Waals surface area contributed by atoms with E-state index >= 15 is 0 Å². The number of ether oxygens (including phenoxy) is 1. The molecule has 0 saturated heterocycles. The monoisotopic (exact) mass is 441 g/mol. The van der Waals surface area contributed by atoms with E-state index in [-0.39, 0.29) is 23.6 Å². The summed E-state index contributed by atoms with van der Waals surface area (Å²) in [5.74, 6) is 0.622. The van der Waals surface area contributed by atoms with Gasteiger partial charge >= 0.3 is 0 Å². The summed E-state index contributed by atoms with van der Waals surface area (Å²) in [6.45, 7) is 11.0. The van der Waals surface area contributed by atoms with Crippen molar-refractivity contribution in [2.24, 2.45) is 5.16 Å². The average molecular weight is 442 g/mol. The van der Waals surface area contributed by atoms with E-state index in [0.29, 0.717) is 17.7 Å². The summed E-state index contributed by atoms with van der Waals surface area (Å²) in [6.07, 6.45) is 3.07. The lowest BCUT2D eigenvalue weighted by Gasteiger charge is -2.19. The highest BCUT2D eigenvalue weighted by atomic mass is 16.6. The quantitative estimate of drug-likeness (QED) is 0.448. The SMILES string of the molecule is COc1ccccc1CCc1cc(/C(C)=N/OC(C)C)c(=O)n(C(C)C(=O)NC(C)C)c1. The van der Waals surface area contributed by atoms with Crippen molar-refractivity contribution < 1.29 is 14.4 Å². The first-order chi connectivity index (χ1) is 15.1. The minimum Gasteiger partial charge on any atom is -0.496 e. The Morgan fingerprint density at radius 3 is 2.44 bits per heavy atom. The first kappa shape index (κ1) is 25.2. The molecule has 0 saturated carbocycles. The van der Waals surface area contributed by atoms with Crippen LogP contribution < -0.4 is 15.6 Å². The van der Waals surface area contributed by atoms with E-state index < -0.39 is 6.04 Å². The maximum absolute atomic E-state index is 13.2. The zero-order valence-corrected chi connectivity index (χ0v) is 20.1. The maximum Gasteiger partial charge on any atom is 0.260 e. The van der Waals surface area contributed by atoms with Crippen LogP contribution in [0.1, 0.15) is 64.3 Å². The molecule has 32 heavy (non-hydrogen) atoms. The molecule has 1 unspecified atom stereocenters. The van der Waals surface area contributed by atoms with Gasteiger partial charge in [-0.1, -0.05) is 23.4 Å². The van der Waals surface area contributed by atoms with E-state index in [1.165, 1.54) is 4.57 Å². The number of oxime groups is 1. The van der Waals surface area contributed by atoms with Crippen LogP contribution in [0.15, 0.2) is 46.5 Å². The van der Waals surface area contributed by atoms with Gasteiger partial charge < -0.3 is 19.5 Å². The van der Waals surface area contributed by atoms with Crippen molar-refractivity contribution >= 4 is 11.6 Å². The number of nitrogens with zero attached hydrogens (tertiary/aromatic N) is 2. The van der Waals surface area contributed by atoms with Gasteiger partial charge in [0.25, 0.3) is 5.56 Å². The van der Waals surface area contributed by atoms with Gasteiger partial charge in [0.15, 0.2) is 0 Å². The Morgan fingerprint density at radius 2 is 1.81 bits per heavy atom. The van der Waals surface area contributed by atoms with Gasteiger partial charge in [0.1, 0.15) is 17.9 Å². The van der Waals surface area contributed by atoms with Crippen molar-refractivity contribution in [2.75, 3.05) is 7.11 Å². The van der Waals surface area contributed by atoms with Gasteiger partial charge in [0.05, 0.1) is 18.4 Å². The highest BCUT2D eigenvalue weighted by Crippen LogP contribution is 2.20. The molecule has 0 aliphatic rings. The van der Waals surface area contributed by atoms with Crippen molar-refractivity contribution in [3.63, 3.8) is 0 Å². The van der Waals surface area contributed by atoms with Crippen LogP contribution in [-0.2, 0) is 22.5 Å². The van der Waals surface area contributed by atoms with Crippen molar-refractivity contribution in [3.8, 4) is 5.75 Å². The van der Waals surface area contributed by atoms with E-state index in [1.54, 1.807) is 27.2 Å². The van der Waals surface area contributed by atoms with Crippen LogP contribution >= 0.6 is 0 Å². The third-order valence-corrected chi connectivity index (χ3v) is 4.99. The topological polar surface area (TPSA) is 81.9 Å². The lowest BCUT2D eigenvalue weighted by atomic mass is 10.0. The summed E-state index contributed by atoms with van der Waals surface area (Å²) in [7, 11) is 1.65. The van der Waals surface area contributed by atoms with Gasteiger partial charge in [-0.25, -0.2) is 0 Å². The fourth-order valence-corrected chi connectivity index (χ4v) is 3.30. The molecule has 0 bridgehead atoms. The number of rotatable bonds is 10. The number of nitrogens with one attached hydrogen (secondary N) is 1. The molecule has 0 aliphatic carbocycles. The molecule has 1 amide bonds. The Labute approximate surface area is 190 Å². The molecule has 7 nitrogen and oxygen atoms in total. The number of amides is 1. The first-order valence-corrected chi connectivity index (χ1v) is 11.0. The van der Waals surface area contributed by atoms with Crippen molar-refractivity contribution in [1.82, 2.24) is 9.88 Å². The third kappa shape index (κ3) is 6.70. The normalized spacial score (nSPS) is 12.7. The van der Waals surface area contributed by atoms with Gasteiger partial charge in [-0.3, -0.25) is 9.59 Å². The second-order valence-corrected chi connectivity index (χ2v) is 8.46. The molecule has 1 N–H and O–H groups in total. The predicted octanol–water partition coefficient (Wildman–Crippen LogP) is 3.88. The fourth-order valence-electron chi connectivity index (χ4n) is 3.30. The smallest absolute Gasteiger partial charge is 0.260 e. The number of carbonyl (C=O) groups is 1. The third-order valence-electron chi connectivity index (χ3n) is 4.99. The largest absolute Gasteiger partial charge is 0.496 e. The second kappa shape index (κ2) is 11.5. The van der Waals surface area contributed by atoms with Gasteiger partial charge in [0.2, 0.25) is 5.91 Å². The van der Waals surface area contributed by atoms with Crippen LogP contribution in [0.4, 0.5) is 0 Å². The standard InChI is InChI=1S/C25H35N3O4/c1-16(2)26-24(29)19(6)28-15-20(12-13-21-10-8-9-11-23(21)31-7)14-22(25(28)30)18(5)27-32-17(3)4/h8-11,14-17,19H,12-13H2,1-7H3,(H,26,29)/b27-18+.